The van der Waals surface area contributed by atoms with E-state index in [1.54, 1.807) is 6.20 Å². The molecule has 0 bridgehead atoms. The van der Waals surface area contributed by atoms with Gasteiger partial charge in [0, 0.05) is 19.3 Å². The molecule has 1 aromatic heterocycles. The molecule has 16 heavy (non-hydrogen) atoms. The van der Waals surface area contributed by atoms with Crippen molar-refractivity contribution in [2.75, 3.05) is 38.3 Å². The number of nitrogens with one attached hydrogen (secondary N) is 2. The summed E-state index contributed by atoms with van der Waals surface area (Å²) in [6, 6.07) is 2.29. The molecule has 5 nitrogen and oxygen atoms in total. The van der Waals surface area contributed by atoms with Gasteiger partial charge in [-0.05, 0) is 40.1 Å². The van der Waals surface area contributed by atoms with Crippen LogP contribution in [0.1, 0.15) is 13.3 Å². The molecule has 0 fully saturated rings. The Labute approximate surface area is 97.3 Å². The molecule has 1 heterocycles. The molecule has 0 amide bonds. The van der Waals surface area contributed by atoms with Gasteiger partial charge in [0.25, 0.3) is 0 Å². The van der Waals surface area contributed by atoms with Crippen molar-refractivity contribution in [3.8, 4) is 0 Å². The summed E-state index contributed by atoms with van der Waals surface area (Å²) in [5, 5.41) is 6.27. The normalized spacial score (nSPS) is 12.6. The minimum atomic E-state index is 0.405. The number of rotatable bonds is 6. The van der Waals surface area contributed by atoms with Crippen LogP contribution in [-0.4, -0.2) is 48.6 Å². The molecule has 0 aliphatic carbocycles. The highest BCUT2D eigenvalue weighted by Gasteiger charge is 2.04. The van der Waals surface area contributed by atoms with Gasteiger partial charge in [0.15, 0.2) is 0 Å². The summed E-state index contributed by atoms with van der Waals surface area (Å²) >= 11 is 0. The van der Waals surface area contributed by atoms with Gasteiger partial charge >= 0.3 is 0 Å². The maximum absolute atomic E-state index is 4.31. The highest BCUT2D eigenvalue weighted by molar-refractivity contribution is 5.39. The van der Waals surface area contributed by atoms with E-state index in [1.807, 2.05) is 13.1 Å². The maximum atomic E-state index is 4.31. The van der Waals surface area contributed by atoms with E-state index in [9.17, 15) is 0 Å². The second-order valence-electron chi connectivity index (χ2n) is 4.15. The van der Waals surface area contributed by atoms with Crippen LogP contribution in [0.25, 0.3) is 0 Å². The number of hydrogen-bond donors (Lipinski definition) is 2. The van der Waals surface area contributed by atoms with Gasteiger partial charge in [0.1, 0.15) is 5.82 Å². The first-order chi connectivity index (χ1) is 7.61. The van der Waals surface area contributed by atoms with Crippen molar-refractivity contribution in [3.05, 3.63) is 12.3 Å². The third kappa shape index (κ3) is 4.44. The Balaban J connectivity index is 2.45. The maximum Gasteiger partial charge on any atom is 0.224 e. The number of nitrogens with zero attached hydrogens (tertiary/aromatic N) is 3. The van der Waals surface area contributed by atoms with E-state index in [2.05, 4.69) is 46.5 Å². The predicted octanol–water partition coefficient (Wildman–Crippen LogP) is 1.27. The zero-order valence-electron chi connectivity index (χ0n) is 10.5. The van der Waals surface area contributed by atoms with E-state index < -0.39 is 0 Å². The van der Waals surface area contributed by atoms with Crippen LogP contribution >= 0.6 is 0 Å². The van der Waals surface area contributed by atoms with Crippen LogP contribution in [0.15, 0.2) is 12.3 Å². The lowest BCUT2D eigenvalue weighted by molar-refractivity contribution is 0.390. The number of aromatic nitrogens is 2. The van der Waals surface area contributed by atoms with E-state index in [0.717, 1.165) is 18.8 Å². The summed E-state index contributed by atoms with van der Waals surface area (Å²) in [4.78, 5) is 10.6. The fraction of sp³-hybridized carbons (Fsp3) is 0.636. The Morgan fingerprint density at radius 3 is 2.81 bits per heavy atom. The minimum absolute atomic E-state index is 0.405. The fourth-order valence-electron chi connectivity index (χ4n) is 1.34. The second kappa shape index (κ2) is 6.27. The second-order valence-corrected chi connectivity index (χ2v) is 4.15. The molecule has 1 atom stereocenters. The van der Waals surface area contributed by atoms with Crippen LogP contribution in [-0.2, 0) is 0 Å². The molecular weight excluding hydrogens is 202 g/mol. The molecule has 0 saturated carbocycles. The first-order valence-electron chi connectivity index (χ1n) is 5.54. The van der Waals surface area contributed by atoms with E-state index in [0.29, 0.717) is 12.0 Å². The Bertz CT molecular complexity index is 313. The summed E-state index contributed by atoms with van der Waals surface area (Å²) in [6.45, 7) is 3.22. The highest BCUT2D eigenvalue weighted by atomic mass is 15.1. The van der Waals surface area contributed by atoms with Crippen LogP contribution in [0.2, 0.25) is 0 Å². The first-order valence-corrected chi connectivity index (χ1v) is 5.54. The first kappa shape index (κ1) is 12.7. The Hall–Kier alpha value is -1.36. The Morgan fingerprint density at radius 1 is 1.44 bits per heavy atom. The van der Waals surface area contributed by atoms with E-state index in [-0.39, 0.29) is 0 Å². The summed E-state index contributed by atoms with van der Waals surface area (Å²) in [7, 11) is 5.97. The van der Waals surface area contributed by atoms with Gasteiger partial charge in [-0.15, -0.1) is 0 Å². The molecule has 0 aromatic carbocycles. The van der Waals surface area contributed by atoms with Crippen molar-refractivity contribution in [3.63, 3.8) is 0 Å². The third-order valence-electron chi connectivity index (χ3n) is 2.28. The molecule has 1 rings (SSSR count). The molecule has 0 saturated heterocycles. The molecule has 1 unspecified atom stereocenters. The molecule has 0 radical (unpaired) electrons. The zero-order chi connectivity index (χ0) is 12.0. The average molecular weight is 223 g/mol. The fourth-order valence-corrected chi connectivity index (χ4v) is 1.34. The third-order valence-corrected chi connectivity index (χ3v) is 2.28. The Morgan fingerprint density at radius 2 is 2.19 bits per heavy atom. The molecule has 90 valence electrons. The lowest BCUT2D eigenvalue weighted by atomic mass is 10.2. The molecule has 5 heteroatoms. The minimum Gasteiger partial charge on any atom is -0.367 e. The highest BCUT2D eigenvalue weighted by Crippen LogP contribution is 2.08. The number of hydrogen-bond acceptors (Lipinski definition) is 5. The van der Waals surface area contributed by atoms with Crippen molar-refractivity contribution in [1.82, 2.24) is 14.9 Å². The van der Waals surface area contributed by atoms with Crippen molar-refractivity contribution in [1.29, 1.82) is 0 Å². The van der Waals surface area contributed by atoms with Crippen LogP contribution < -0.4 is 10.6 Å². The quantitative estimate of drug-likeness (QED) is 0.760. The van der Waals surface area contributed by atoms with Gasteiger partial charge in [-0.1, -0.05) is 0 Å². The number of anilines is 2. The lowest BCUT2D eigenvalue weighted by Crippen LogP contribution is -2.23. The van der Waals surface area contributed by atoms with Crippen molar-refractivity contribution < 1.29 is 0 Å². The van der Waals surface area contributed by atoms with Gasteiger partial charge in [-0.25, -0.2) is 4.98 Å². The van der Waals surface area contributed by atoms with E-state index >= 15 is 0 Å². The summed E-state index contributed by atoms with van der Waals surface area (Å²) in [5.41, 5.74) is 0. The molecular formula is C11H21N5. The average Bonchev–Trinajstić information content (AvgIpc) is 2.26. The summed E-state index contributed by atoms with van der Waals surface area (Å²) in [6.07, 6.45) is 2.84. The molecule has 1 aromatic rings. The smallest absolute Gasteiger partial charge is 0.224 e. The van der Waals surface area contributed by atoms with Crippen LogP contribution in [0.4, 0.5) is 11.8 Å². The Kier molecular flexibility index (Phi) is 4.98. The van der Waals surface area contributed by atoms with Crippen LogP contribution in [0, 0.1) is 0 Å². The SMILES string of the molecule is CNc1nccc(NC(C)CCN(C)C)n1. The van der Waals surface area contributed by atoms with Crippen LogP contribution in [0.3, 0.4) is 0 Å². The van der Waals surface area contributed by atoms with Gasteiger partial charge < -0.3 is 15.5 Å². The molecule has 0 aliphatic rings. The van der Waals surface area contributed by atoms with Gasteiger partial charge in [-0.3, -0.25) is 0 Å². The van der Waals surface area contributed by atoms with Gasteiger partial charge in [-0.2, -0.15) is 4.98 Å². The van der Waals surface area contributed by atoms with Crippen molar-refractivity contribution >= 4 is 11.8 Å². The summed E-state index contributed by atoms with van der Waals surface area (Å²) < 4.78 is 0. The lowest BCUT2D eigenvalue weighted by Gasteiger charge is -2.17. The summed E-state index contributed by atoms with van der Waals surface area (Å²) in [5.74, 6) is 1.51. The van der Waals surface area contributed by atoms with Gasteiger partial charge in [0.05, 0.1) is 0 Å². The topological polar surface area (TPSA) is 53.1 Å². The van der Waals surface area contributed by atoms with Gasteiger partial charge in [0.2, 0.25) is 5.95 Å². The zero-order valence-corrected chi connectivity index (χ0v) is 10.5. The van der Waals surface area contributed by atoms with Crippen LogP contribution in [0.5, 0.6) is 0 Å². The van der Waals surface area contributed by atoms with E-state index in [4.69, 9.17) is 0 Å². The largest absolute Gasteiger partial charge is 0.367 e. The standard InChI is InChI=1S/C11H21N5/c1-9(6-8-16(3)4)14-10-5-7-13-11(12-2)15-10/h5,7,9H,6,8H2,1-4H3,(H2,12,13,14,15). The monoisotopic (exact) mass is 223 g/mol. The van der Waals surface area contributed by atoms with Crippen molar-refractivity contribution in [2.45, 2.75) is 19.4 Å². The van der Waals surface area contributed by atoms with E-state index in [1.165, 1.54) is 0 Å². The molecule has 2 N–H and O–H groups in total. The molecule has 0 spiro atoms. The predicted molar refractivity (Wildman–Crippen MR) is 67.8 cm³/mol. The molecule has 0 aliphatic heterocycles. The van der Waals surface area contributed by atoms with Crippen molar-refractivity contribution in [2.24, 2.45) is 0 Å².